The first kappa shape index (κ1) is 14.8. The lowest BCUT2D eigenvalue weighted by molar-refractivity contribution is 0.288. The maximum Gasteiger partial charge on any atom is 0.243 e. The van der Waals surface area contributed by atoms with Crippen LogP contribution in [0.25, 0.3) is 0 Å². The quantitative estimate of drug-likeness (QED) is 0.844. The standard InChI is InChI=1S/C13H18BrNO3S/c1-10-5-7-15(8-6-10)19(16,17)11-3-4-12(14)13(9-11)18-2/h3-4,9-10H,5-8H2,1-2H3. The van der Waals surface area contributed by atoms with E-state index in [0.717, 1.165) is 17.3 Å². The molecule has 1 saturated heterocycles. The summed E-state index contributed by atoms with van der Waals surface area (Å²) < 4.78 is 32.5. The maximum absolute atomic E-state index is 12.5. The van der Waals surface area contributed by atoms with Crippen LogP contribution in [0.15, 0.2) is 27.6 Å². The van der Waals surface area contributed by atoms with Crippen LogP contribution in [0, 0.1) is 5.92 Å². The summed E-state index contributed by atoms with van der Waals surface area (Å²) in [4.78, 5) is 0.294. The molecule has 0 saturated carbocycles. The monoisotopic (exact) mass is 347 g/mol. The predicted molar refractivity (Wildman–Crippen MR) is 77.9 cm³/mol. The topological polar surface area (TPSA) is 46.6 Å². The van der Waals surface area contributed by atoms with E-state index in [1.807, 2.05) is 0 Å². The van der Waals surface area contributed by atoms with Crippen LogP contribution in [0.2, 0.25) is 0 Å². The van der Waals surface area contributed by atoms with Crippen molar-refractivity contribution in [3.63, 3.8) is 0 Å². The first-order valence-electron chi connectivity index (χ1n) is 6.29. The van der Waals surface area contributed by atoms with Gasteiger partial charge in [-0.3, -0.25) is 0 Å². The van der Waals surface area contributed by atoms with Crippen molar-refractivity contribution < 1.29 is 13.2 Å². The van der Waals surface area contributed by atoms with Crippen molar-refractivity contribution in [3.05, 3.63) is 22.7 Å². The highest BCUT2D eigenvalue weighted by Gasteiger charge is 2.28. The molecule has 19 heavy (non-hydrogen) atoms. The molecule has 0 atom stereocenters. The van der Waals surface area contributed by atoms with Crippen molar-refractivity contribution in [2.24, 2.45) is 5.92 Å². The van der Waals surface area contributed by atoms with E-state index >= 15 is 0 Å². The number of rotatable bonds is 3. The minimum atomic E-state index is -3.40. The van der Waals surface area contributed by atoms with Gasteiger partial charge in [0.05, 0.1) is 16.5 Å². The lowest BCUT2D eigenvalue weighted by Crippen LogP contribution is -2.37. The summed E-state index contributed by atoms with van der Waals surface area (Å²) in [5, 5.41) is 0. The lowest BCUT2D eigenvalue weighted by Gasteiger charge is -2.29. The Morgan fingerprint density at radius 3 is 2.53 bits per heavy atom. The zero-order chi connectivity index (χ0) is 14.0. The molecular weight excluding hydrogens is 330 g/mol. The van der Waals surface area contributed by atoms with Crippen LogP contribution in [-0.4, -0.2) is 32.9 Å². The van der Waals surface area contributed by atoms with Crippen molar-refractivity contribution in [2.45, 2.75) is 24.7 Å². The second-order valence-corrected chi connectivity index (χ2v) is 7.68. The summed E-state index contributed by atoms with van der Waals surface area (Å²) in [6.07, 6.45) is 1.85. The molecule has 0 spiro atoms. The van der Waals surface area contributed by atoms with Gasteiger partial charge in [0.25, 0.3) is 0 Å². The smallest absolute Gasteiger partial charge is 0.243 e. The molecule has 6 heteroatoms. The molecule has 1 fully saturated rings. The third-order valence-electron chi connectivity index (χ3n) is 3.50. The van der Waals surface area contributed by atoms with E-state index in [4.69, 9.17) is 4.74 Å². The van der Waals surface area contributed by atoms with Gasteiger partial charge in [0.1, 0.15) is 5.75 Å². The van der Waals surface area contributed by atoms with Crippen molar-refractivity contribution in [2.75, 3.05) is 20.2 Å². The van der Waals surface area contributed by atoms with Crippen molar-refractivity contribution in [1.29, 1.82) is 0 Å². The summed E-state index contributed by atoms with van der Waals surface area (Å²) in [6.45, 7) is 3.36. The SMILES string of the molecule is COc1cc(S(=O)(=O)N2CCC(C)CC2)ccc1Br. The van der Waals surface area contributed by atoms with Crippen LogP contribution in [0.5, 0.6) is 5.75 Å². The molecule has 1 aromatic carbocycles. The van der Waals surface area contributed by atoms with Gasteiger partial charge in [0.2, 0.25) is 10.0 Å². The number of hydrogen-bond donors (Lipinski definition) is 0. The van der Waals surface area contributed by atoms with Gasteiger partial charge < -0.3 is 4.74 Å². The third kappa shape index (κ3) is 3.12. The Balaban J connectivity index is 2.29. The van der Waals surface area contributed by atoms with Gasteiger partial charge in [-0.25, -0.2) is 8.42 Å². The number of benzene rings is 1. The molecule has 0 bridgehead atoms. The molecular formula is C13H18BrNO3S. The summed E-state index contributed by atoms with van der Waals surface area (Å²) in [5.74, 6) is 1.14. The van der Waals surface area contributed by atoms with Crippen LogP contribution in [-0.2, 0) is 10.0 Å². The highest BCUT2D eigenvalue weighted by molar-refractivity contribution is 9.10. The third-order valence-corrected chi connectivity index (χ3v) is 6.05. The number of piperidine rings is 1. The Hall–Kier alpha value is -0.590. The van der Waals surface area contributed by atoms with Crippen LogP contribution < -0.4 is 4.74 Å². The van der Waals surface area contributed by atoms with Crippen molar-refractivity contribution in [3.8, 4) is 5.75 Å². The fourth-order valence-corrected chi connectivity index (χ4v) is 4.07. The number of halogens is 1. The van der Waals surface area contributed by atoms with Gasteiger partial charge >= 0.3 is 0 Å². The van der Waals surface area contributed by atoms with Gasteiger partial charge in [-0.2, -0.15) is 4.31 Å². The number of nitrogens with zero attached hydrogens (tertiary/aromatic N) is 1. The molecule has 1 aromatic rings. The Kier molecular flexibility index (Phi) is 4.53. The average Bonchev–Trinajstić information content (AvgIpc) is 2.39. The predicted octanol–water partition coefficient (Wildman–Crippen LogP) is 2.88. The fourth-order valence-electron chi connectivity index (χ4n) is 2.17. The molecule has 0 radical (unpaired) electrons. The zero-order valence-electron chi connectivity index (χ0n) is 11.1. The van der Waals surface area contributed by atoms with E-state index < -0.39 is 10.0 Å². The molecule has 1 heterocycles. The molecule has 4 nitrogen and oxygen atoms in total. The van der Waals surface area contributed by atoms with E-state index in [-0.39, 0.29) is 0 Å². The molecule has 0 unspecified atom stereocenters. The molecule has 1 aliphatic heterocycles. The van der Waals surface area contributed by atoms with Crippen molar-refractivity contribution in [1.82, 2.24) is 4.31 Å². The van der Waals surface area contributed by atoms with E-state index in [0.29, 0.717) is 29.7 Å². The Morgan fingerprint density at radius 1 is 1.32 bits per heavy atom. The molecule has 0 amide bonds. The van der Waals surface area contributed by atoms with E-state index in [9.17, 15) is 8.42 Å². The lowest BCUT2D eigenvalue weighted by atomic mass is 10.0. The molecule has 1 aliphatic rings. The molecule has 0 N–H and O–H groups in total. The van der Waals surface area contributed by atoms with Crippen LogP contribution >= 0.6 is 15.9 Å². The molecule has 106 valence electrons. The van der Waals surface area contributed by atoms with Gasteiger partial charge in [-0.15, -0.1) is 0 Å². The molecule has 0 aliphatic carbocycles. The highest BCUT2D eigenvalue weighted by Crippen LogP contribution is 2.30. The minimum Gasteiger partial charge on any atom is -0.496 e. The molecule has 2 rings (SSSR count). The highest BCUT2D eigenvalue weighted by atomic mass is 79.9. The van der Waals surface area contributed by atoms with E-state index in [2.05, 4.69) is 22.9 Å². The Labute approximate surface area is 122 Å². The first-order chi connectivity index (χ1) is 8.95. The van der Waals surface area contributed by atoms with Crippen LogP contribution in [0.1, 0.15) is 19.8 Å². The average molecular weight is 348 g/mol. The second kappa shape index (κ2) is 5.81. The van der Waals surface area contributed by atoms with Crippen LogP contribution in [0.3, 0.4) is 0 Å². The number of sulfonamides is 1. The largest absolute Gasteiger partial charge is 0.496 e. The first-order valence-corrected chi connectivity index (χ1v) is 8.52. The normalized spacial score (nSPS) is 18.5. The summed E-state index contributed by atoms with van der Waals surface area (Å²) in [5.41, 5.74) is 0. The van der Waals surface area contributed by atoms with Crippen LogP contribution in [0.4, 0.5) is 0 Å². The Bertz CT molecular complexity index is 551. The number of ether oxygens (including phenoxy) is 1. The van der Waals surface area contributed by atoms with Crippen molar-refractivity contribution >= 4 is 26.0 Å². The summed E-state index contributed by atoms with van der Waals surface area (Å²) in [6, 6.07) is 4.88. The minimum absolute atomic E-state index is 0.294. The number of methoxy groups -OCH3 is 1. The Morgan fingerprint density at radius 2 is 1.95 bits per heavy atom. The second-order valence-electron chi connectivity index (χ2n) is 4.88. The van der Waals surface area contributed by atoms with E-state index in [1.165, 1.54) is 7.11 Å². The van der Waals surface area contributed by atoms with Gasteiger partial charge in [-0.05, 0) is 46.8 Å². The van der Waals surface area contributed by atoms with Gasteiger partial charge in [-0.1, -0.05) is 6.92 Å². The van der Waals surface area contributed by atoms with Gasteiger partial charge in [0.15, 0.2) is 0 Å². The van der Waals surface area contributed by atoms with E-state index in [1.54, 1.807) is 22.5 Å². The summed E-state index contributed by atoms with van der Waals surface area (Å²) >= 11 is 3.33. The number of hydrogen-bond acceptors (Lipinski definition) is 3. The van der Waals surface area contributed by atoms with Gasteiger partial charge in [0, 0.05) is 19.2 Å². The fraction of sp³-hybridized carbons (Fsp3) is 0.538. The zero-order valence-corrected chi connectivity index (χ0v) is 13.5. The maximum atomic E-state index is 12.5. The molecule has 0 aromatic heterocycles. The summed E-state index contributed by atoms with van der Waals surface area (Å²) in [7, 11) is -1.88.